The minimum atomic E-state index is -0.680. The van der Waals surface area contributed by atoms with E-state index in [9.17, 15) is 14.3 Å². The molecule has 2 rings (SSSR count). The van der Waals surface area contributed by atoms with Crippen LogP contribution in [-0.2, 0) is 4.79 Å². The molecule has 0 aliphatic heterocycles. The van der Waals surface area contributed by atoms with Gasteiger partial charge < -0.3 is 15.2 Å². The fourth-order valence-electron chi connectivity index (χ4n) is 2.07. The molecule has 0 atom stereocenters. The molecule has 1 amide bonds. The molecule has 5 heteroatoms. The summed E-state index contributed by atoms with van der Waals surface area (Å²) in [7, 11) is 0. The van der Waals surface area contributed by atoms with Crippen molar-refractivity contribution in [1.82, 2.24) is 5.32 Å². The summed E-state index contributed by atoms with van der Waals surface area (Å²) in [6.45, 7) is 0.744. The minimum absolute atomic E-state index is 0.0759. The lowest BCUT2D eigenvalue weighted by atomic mass is 9.80. The van der Waals surface area contributed by atoms with Crippen LogP contribution in [0.1, 0.15) is 32.1 Å². The zero-order chi connectivity index (χ0) is 14.4. The van der Waals surface area contributed by atoms with E-state index in [0.29, 0.717) is 31.7 Å². The smallest absolute Gasteiger partial charge is 0.220 e. The second-order valence-electron chi connectivity index (χ2n) is 5.26. The molecule has 1 aliphatic rings. The lowest BCUT2D eigenvalue weighted by molar-refractivity contribution is -0.123. The molecule has 0 bridgehead atoms. The summed E-state index contributed by atoms with van der Waals surface area (Å²) in [5.74, 6) is 0.217. The van der Waals surface area contributed by atoms with Gasteiger partial charge in [0.05, 0.1) is 12.2 Å². The van der Waals surface area contributed by atoms with E-state index in [4.69, 9.17) is 4.74 Å². The number of rotatable bonds is 7. The van der Waals surface area contributed by atoms with E-state index in [2.05, 4.69) is 5.32 Å². The monoisotopic (exact) mass is 281 g/mol. The van der Waals surface area contributed by atoms with Crippen LogP contribution in [0.15, 0.2) is 24.3 Å². The zero-order valence-corrected chi connectivity index (χ0v) is 11.4. The molecule has 0 radical (unpaired) electrons. The Morgan fingerprint density at radius 3 is 2.65 bits per heavy atom. The third-order valence-corrected chi connectivity index (χ3v) is 3.53. The van der Waals surface area contributed by atoms with E-state index in [1.165, 1.54) is 12.1 Å². The van der Waals surface area contributed by atoms with Crippen molar-refractivity contribution in [2.75, 3.05) is 13.2 Å². The molecular weight excluding hydrogens is 261 g/mol. The number of halogens is 1. The second kappa shape index (κ2) is 6.70. The molecule has 20 heavy (non-hydrogen) atoms. The average molecular weight is 281 g/mol. The van der Waals surface area contributed by atoms with Crippen LogP contribution in [0.5, 0.6) is 5.75 Å². The molecule has 1 aromatic rings. The van der Waals surface area contributed by atoms with Gasteiger partial charge in [-0.25, -0.2) is 4.39 Å². The Balaban J connectivity index is 1.56. The Labute approximate surface area is 117 Å². The maximum atomic E-state index is 12.7. The molecule has 0 saturated heterocycles. The third-order valence-electron chi connectivity index (χ3n) is 3.53. The highest BCUT2D eigenvalue weighted by atomic mass is 19.1. The van der Waals surface area contributed by atoms with Crippen LogP contribution in [0.4, 0.5) is 4.39 Å². The van der Waals surface area contributed by atoms with Gasteiger partial charge in [0.1, 0.15) is 11.6 Å². The first-order chi connectivity index (χ1) is 9.57. The Hall–Kier alpha value is -1.62. The second-order valence-corrected chi connectivity index (χ2v) is 5.26. The highest BCUT2D eigenvalue weighted by Crippen LogP contribution is 2.30. The Morgan fingerprint density at radius 2 is 2.05 bits per heavy atom. The number of carbonyl (C=O) groups is 1. The highest BCUT2D eigenvalue weighted by Gasteiger charge is 2.34. The Kier molecular flexibility index (Phi) is 4.95. The predicted molar refractivity (Wildman–Crippen MR) is 72.9 cm³/mol. The number of hydrogen-bond acceptors (Lipinski definition) is 3. The molecule has 1 saturated carbocycles. The highest BCUT2D eigenvalue weighted by molar-refractivity contribution is 5.75. The summed E-state index contributed by atoms with van der Waals surface area (Å²) in [5, 5.41) is 12.6. The molecule has 0 unspecified atom stereocenters. The van der Waals surface area contributed by atoms with Crippen LogP contribution in [0, 0.1) is 5.82 Å². The molecule has 0 spiro atoms. The maximum Gasteiger partial charge on any atom is 0.220 e. The Bertz CT molecular complexity index is 443. The molecule has 4 nitrogen and oxygen atoms in total. The van der Waals surface area contributed by atoms with Gasteiger partial charge in [-0.1, -0.05) is 0 Å². The van der Waals surface area contributed by atoms with E-state index in [0.717, 1.165) is 19.3 Å². The normalized spacial score (nSPS) is 16.3. The largest absolute Gasteiger partial charge is 0.494 e. The van der Waals surface area contributed by atoms with Crippen molar-refractivity contribution in [2.24, 2.45) is 0 Å². The summed E-state index contributed by atoms with van der Waals surface area (Å²) >= 11 is 0. The van der Waals surface area contributed by atoms with Gasteiger partial charge in [-0.15, -0.1) is 0 Å². The number of nitrogens with one attached hydrogen (secondary N) is 1. The molecule has 1 fully saturated rings. The number of amides is 1. The summed E-state index contributed by atoms with van der Waals surface area (Å²) in [5.41, 5.74) is -0.680. The van der Waals surface area contributed by atoms with Crippen LogP contribution in [0.25, 0.3) is 0 Å². The molecule has 0 aromatic heterocycles. The lowest BCUT2D eigenvalue weighted by Crippen LogP contribution is -2.47. The van der Waals surface area contributed by atoms with Crippen molar-refractivity contribution >= 4 is 5.91 Å². The zero-order valence-electron chi connectivity index (χ0n) is 11.4. The first-order valence-corrected chi connectivity index (χ1v) is 6.95. The van der Waals surface area contributed by atoms with E-state index < -0.39 is 5.60 Å². The molecule has 2 N–H and O–H groups in total. The molecule has 0 heterocycles. The van der Waals surface area contributed by atoms with Gasteiger partial charge in [0, 0.05) is 13.0 Å². The van der Waals surface area contributed by atoms with E-state index in [1.807, 2.05) is 0 Å². The van der Waals surface area contributed by atoms with Crippen LogP contribution in [-0.4, -0.2) is 29.8 Å². The van der Waals surface area contributed by atoms with Gasteiger partial charge in [0.2, 0.25) is 5.91 Å². The van der Waals surface area contributed by atoms with Crippen LogP contribution in [0.3, 0.4) is 0 Å². The SMILES string of the molecule is O=C(CCCOc1ccc(F)cc1)NCC1(O)CCC1. The van der Waals surface area contributed by atoms with Gasteiger partial charge in [-0.3, -0.25) is 4.79 Å². The molecule has 1 aromatic carbocycles. The van der Waals surface area contributed by atoms with Gasteiger partial charge in [0.25, 0.3) is 0 Å². The lowest BCUT2D eigenvalue weighted by Gasteiger charge is -2.36. The number of hydrogen-bond donors (Lipinski definition) is 2. The standard InChI is InChI=1S/C15H20FNO3/c16-12-4-6-13(7-5-12)20-10-1-3-14(18)17-11-15(19)8-2-9-15/h4-7,19H,1-3,8-11H2,(H,17,18). The molecule has 1 aliphatic carbocycles. The van der Waals surface area contributed by atoms with Crippen LogP contribution < -0.4 is 10.1 Å². The van der Waals surface area contributed by atoms with Crippen molar-refractivity contribution in [3.8, 4) is 5.75 Å². The number of ether oxygens (including phenoxy) is 1. The summed E-state index contributed by atoms with van der Waals surface area (Å²) in [6.07, 6.45) is 3.50. The van der Waals surface area contributed by atoms with Crippen molar-refractivity contribution < 1.29 is 19.0 Å². The maximum absolute atomic E-state index is 12.7. The van der Waals surface area contributed by atoms with Crippen molar-refractivity contribution in [3.05, 3.63) is 30.1 Å². The molecular formula is C15H20FNO3. The van der Waals surface area contributed by atoms with Crippen LogP contribution in [0.2, 0.25) is 0 Å². The fraction of sp³-hybridized carbons (Fsp3) is 0.533. The number of carbonyl (C=O) groups excluding carboxylic acids is 1. The quantitative estimate of drug-likeness (QED) is 0.752. The van der Waals surface area contributed by atoms with E-state index in [1.54, 1.807) is 12.1 Å². The van der Waals surface area contributed by atoms with Gasteiger partial charge in [-0.05, 0) is 49.9 Å². The van der Waals surface area contributed by atoms with Gasteiger partial charge in [-0.2, -0.15) is 0 Å². The summed E-state index contributed by atoms with van der Waals surface area (Å²) < 4.78 is 18.1. The summed E-state index contributed by atoms with van der Waals surface area (Å²) in [6, 6.07) is 5.78. The first-order valence-electron chi connectivity index (χ1n) is 6.95. The van der Waals surface area contributed by atoms with Crippen molar-refractivity contribution in [2.45, 2.75) is 37.7 Å². The van der Waals surface area contributed by atoms with Gasteiger partial charge in [0.15, 0.2) is 0 Å². The number of aliphatic hydroxyl groups is 1. The minimum Gasteiger partial charge on any atom is -0.494 e. The number of benzene rings is 1. The van der Waals surface area contributed by atoms with E-state index >= 15 is 0 Å². The van der Waals surface area contributed by atoms with E-state index in [-0.39, 0.29) is 11.7 Å². The van der Waals surface area contributed by atoms with Crippen molar-refractivity contribution in [1.29, 1.82) is 0 Å². The first kappa shape index (κ1) is 14.8. The van der Waals surface area contributed by atoms with Gasteiger partial charge >= 0.3 is 0 Å². The third kappa shape index (κ3) is 4.49. The van der Waals surface area contributed by atoms with Crippen LogP contribution >= 0.6 is 0 Å². The molecule has 110 valence electrons. The predicted octanol–water partition coefficient (Wildman–Crippen LogP) is 2.02. The average Bonchev–Trinajstić information content (AvgIpc) is 2.41. The van der Waals surface area contributed by atoms with Crippen molar-refractivity contribution in [3.63, 3.8) is 0 Å². The Morgan fingerprint density at radius 1 is 1.35 bits per heavy atom. The summed E-state index contributed by atoms with van der Waals surface area (Å²) in [4.78, 5) is 11.6. The fourth-order valence-corrected chi connectivity index (χ4v) is 2.07. The topological polar surface area (TPSA) is 58.6 Å².